The van der Waals surface area contributed by atoms with E-state index >= 15 is 0 Å². The molecule has 6 nitrogen and oxygen atoms in total. The number of hydrogen-bond acceptors (Lipinski definition) is 3. The van der Waals surface area contributed by atoms with Gasteiger partial charge in [-0.25, -0.2) is 4.79 Å². The van der Waals surface area contributed by atoms with Crippen molar-refractivity contribution in [1.29, 1.82) is 0 Å². The Morgan fingerprint density at radius 3 is 2.20 bits per heavy atom. The second-order valence-electron chi connectivity index (χ2n) is 5.67. The van der Waals surface area contributed by atoms with E-state index in [4.69, 9.17) is 4.74 Å². The molecular formula is C19H23N3O3. The molecule has 0 radical (unpaired) electrons. The van der Waals surface area contributed by atoms with Crippen LogP contribution in [0.3, 0.4) is 0 Å². The summed E-state index contributed by atoms with van der Waals surface area (Å²) in [6.07, 6.45) is 0.198. The Labute approximate surface area is 147 Å². The summed E-state index contributed by atoms with van der Waals surface area (Å²) in [6.45, 7) is 4.14. The van der Waals surface area contributed by atoms with Crippen LogP contribution in [0.5, 0.6) is 5.75 Å². The lowest BCUT2D eigenvalue weighted by molar-refractivity contribution is -0.116. The zero-order chi connectivity index (χ0) is 18.2. The molecular weight excluding hydrogens is 318 g/mol. The molecule has 0 unspecified atom stereocenters. The molecule has 0 saturated heterocycles. The number of hydrogen-bond donors (Lipinski definition) is 3. The Morgan fingerprint density at radius 2 is 1.60 bits per heavy atom. The summed E-state index contributed by atoms with van der Waals surface area (Å²) in [5, 5.41) is 8.25. The minimum atomic E-state index is -0.356. The highest BCUT2D eigenvalue weighted by molar-refractivity contribution is 5.93. The van der Waals surface area contributed by atoms with Crippen LogP contribution in [0, 0.1) is 13.8 Å². The largest absolute Gasteiger partial charge is 0.497 e. The summed E-state index contributed by atoms with van der Waals surface area (Å²) < 4.78 is 5.06. The molecule has 132 valence electrons. The standard InChI is InChI=1S/C19H23N3O3/c1-13-5-4-6-14(2)18(13)22-17(23)11-12-20-19(24)21-15-7-9-16(25-3)10-8-15/h4-10H,11-12H2,1-3H3,(H,22,23)(H2,20,21,24). The van der Waals surface area contributed by atoms with Gasteiger partial charge in [-0.15, -0.1) is 0 Å². The number of anilines is 2. The van der Waals surface area contributed by atoms with Gasteiger partial charge in [0.05, 0.1) is 7.11 Å². The molecule has 3 N–H and O–H groups in total. The first-order valence-corrected chi connectivity index (χ1v) is 8.04. The number of nitrogens with one attached hydrogen (secondary N) is 3. The van der Waals surface area contributed by atoms with Gasteiger partial charge in [-0.2, -0.15) is 0 Å². The maximum absolute atomic E-state index is 12.0. The van der Waals surface area contributed by atoms with Crippen LogP contribution in [0.4, 0.5) is 16.2 Å². The molecule has 0 aliphatic rings. The minimum Gasteiger partial charge on any atom is -0.497 e. The van der Waals surface area contributed by atoms with Crippen LogP contribution in [0.1, 0.15) is 17.5 Å². The van der Waals surface area contributed by atoms with Gasteiger partial charge in [-0.1, -0.05) is 18.2 Å². The fraction of sp³-hybridized carbons (Fsp3) is 0.263. The summed E-state index contributed by atoms with van der Waals surface area (Å²) in [7, 11) is 1.58. The summed E-state index contributed by atoms with van der Waals surface area (Å²) >= 11 is 0. The van der Waals surface area contributed by atoms with Crippen molar-refractivity contribution in [2.24, 2.45) is 0 Å². The van der Waals surface area contributed by atoms with Crippen molar-refractivity contribution in [1.82, 2.24) is 5.32 Å². The Balaban J connectivity index is 1.75. The summed E-state index contributed by atoms with van der Waals surface area (Å²) in [5.74, 6) is 0.580. The van der Waals surface area contributed by atoms with E-state index in [2.05, 4.69) is 16.0 Å². The molecule has 0 saturated carbocycles. The lowest BCUT2D eigenvalue weighted by atomic mass is 10.1. The van der Waals surface area contributed by atoms with Gasteiger partial charge >= 0.3 is 6.03 Å². The average Bonchev–Trinajstić information content (AvgIpc) is 2.59. The van der Waals surface area contributed by atoms with Crippen LogP contribution in [0.15, 0.2) is 42.5 Å². The fourth-order valence-electron chi connectivity index (χ4n) is 2.35. The van der Waals surface area contributed by atoms with E-state index in [1.807, 2.05) is 32.0 Å². The third-order valence-electron chi connectivity index (χ3n) is 3.73. The maximum Gasteiger partial charge on any atom is 0.319 e. The van der Waals surface area contributed by atoms with E-state index in [9.17, 15) is 9.59 Å². The highest BCUT2D eigenvalue weighted by atomic mass is 16.5. The van der Waals surface area contributed by atoms with Crippen LogP contribution in [0.2, 0.25) is 0 Å². The third kappa shape index (κ3) is 5.53. The molecule has 0 aliphatic carbocycles. The number of carbonyl (C=O) groups excluding carboxylic acids is 2. The first kappa shape index (κ1) is 18.3. The van der Waals surface area contributed by atoms with E-state index in [1.165, 1.54) is 0 Å². The van der Waals surface area contributed by atoms with Crippen molar-refractivity contribution < 1.29 is 14.3 Å². The molecule has 0 atom stereocenters. The van der Waals surface area contributed by atoms with Gasteiger partial charge in [0.2, 0.25) is 5.91 Å². The van der Waals surface area contributed by atoms with Crippen molar-refractivity contribution >= 4 is 23.3 Å². The van der Waals surface area contributed by atoms with Crippen LogP contribution in [-0.2, 0) is 4.79 Å². The molecule has 2 aromatic rings. The predicted molar refractivity (Wildman–Crippen MR) is 99.2 cm³/mol. The molecule has 6 heteroatoms. The van der Waals surface area contributed by atoms with Gasteiger partial charge in [0, 0.05) is 24.3 Å². The van der Waals surface area contributed by atoms with Gasteiger partial charge in [0.1, 0.15) is 5.75 Å². The van der Waals surface area contributed by atoms with Crippen molar-refractivity contribution in [2.75, 3.05) is 24.3 Å². The van der Waals surface area contributed by atoms with E-state index in [0.717, 1.165) is 16.8 Å². The SMILES string of the molecule is COc1ccc(NC(=O)NCCC(=O)Nc2c(C)cccc2C)cc1. The zero-order valence-corrected chi connectivity index (χ0v) is 14.7. The number of carbonyl (C=O) groups is 2. The predicted octanol–water partition coefficient (Wildman–Crippen LogP) is 3.46. The van der Waals surface area contributed by atoms with Gasteiger partial charge in [0.15, 0.2) is 0 Å². The number of methoxy groups -OCH3 is 1. The normalized spacial score (nSPS) is 10.0. The number of aryl methyl sites for hydroxylation is 2. The number of para-hydroxylation sites is 1. The summed E-state index contributed by atoms with van der Waals surface area (Å²) in [6, 6.07) is 12.5. The molecule has 0 fully saturated rings. The molecule has 0 heterocycles. The minimum absolute atomic E-state index is 0.137. The van der Waals surface area contributed by atoms with Crippen LogP contribution in [-0.4, -0.2) is 25.6 Å². The van der Waals surface area contributed by atoms with E-state index in [0.29, 0.717) is 11.4 Å². The summed E-state index contributed by atoms with van der Waals surface area (Å²) in [4.78, 5) is 23.9. The summed E-state index contributed by atoms with van der Waals surface area (Å²) in [5.41, 5.74) is 3.51. The molecule has 0 bridgehead atoms. The second-order valence-corrected chi connectivity index (χ2v) is 5.67. The lowest BCUT2D eigenvalue weighted by Gasteiger charge is -2.12. The Bertz CT molecular complexity index is 722. The van der Waals surface area contributed by atoms with Gasteiger partial charge in [0.25, 0.3) is 0 Å². The lowest BCUT2D eigenvalue weighted by Crippen LogP contribution is -2.31. The number of ether oxygens (including phenoxy) is 1. The van der Waals surface area contributed by atoms with Gasteiger partial charge in [-0.3, -0.25) is 4.79 Å². The number of urea groups is 1. The highest BCUT2D eigenvalue weighted by Crippen LogP contribution is 2.19. The number of benzene rings is 2. The first-order chi connectivity index (χ1) is 12.0. The van der Waals surface area contributed by atoms with E-state index in [1.54, 1.807) is 31.4 Å². The van der Waals surface area contributed by atoms with Gasteiger partial charge < -0.3 is 20.7 Å². The van der Waals surface area contributed by atoms with Crippen molar-refractivity contribution in [3.05, 3.63) is 53.6 Å². The van der Waals surface area contributed by atoms with E-state index in [-0.39, 0.29) is 24.9 Å². The van der Waals surface area contributed by atoms with Crippen molar-refractivity contribution in [3.63, 3.8) is 0 Å². The van der Waals surface area contributed by atoms with Crippen LogP contribution in [0.25, 0.3) is 0 Å². The fourth-order valence-corrected chi connectivity index (χ4v) is 2.35. The smallest absolute Gasteiger partial charge is 0.319 e. The third-order valence-corrected chi connectivity index (χ3v) is 3.73. The number of rotatable bonds is 6. The molecule has 0 aromatic heterocycles. The molecule has 0 spiro atoms. The Kier molecular flexibility index (Phi) is 6.39. The highest BCUT2D eigenvalue weighted by Gasteiger charge is 2.08. The maximum atomic E-state index is 12.0. The molecule has 3 amide bonds. The second kappa shape index (κ2) is 8.73. The number of amides is 3. The average molecular weight is 341 g/mol. The van der Waals surface area contributed by atoms with Crippen molar-refractivity contribution in [2.45, 2.75) is 20.3 Å². The zero-order valence-electron chi connectivity index (χ0n) is 14.7. The van der Waals surface area contributed by atoms with Crippen LogP contribution >= 0.6 is 0 Å². The Morgan fingerprint density at radius 1 is 0.960 bits per heavy atom. The van der Waals surface area contributed by atoms with Gasteiger partial charge in [-0.05, 0) is 49.2 Å². The quantitative estimate of drug-likeness (QED) is 0.753. The van der Waals surface area contributed by atoms with E-state index < -0.39 is 0 Å². The molecule has 0 aliphatic heterocycles. The Hall–Kier alpha value is -3.02. The van der Waals surface area contributed by atoms with Crippen LogP contribution < -0.4 is 20.7 Å². The molecule has 25 heavy (non-hydrogen) atoms. The molecule has 2 rings (SSSR count). The monoisotopic (exact) mass is 341 g/mol. The topological polar surface area (TPSA) is 79.5 Å². The first-order valence-electron chi connectivity index (χ1n) is 8.04. The molecule has 2 aromatic carbocycles. The van der Waals surface area contributed by atoms with Crippen molar-refractivity contribution in [3.8, 4) is 5.75 Å².